The Morgan fingerprint density at radius 3 is 2.50 bits per heavy atom. The minimum Gasteiger partial charge on any atom is -0.480 e. The van der Waals surface area contributed by atoms with Crippen LogP contribution in [0, 0.1) is 0 Å². The molecular weight excluding hydrogens is 518 g/mol. The van der Waals surface area contributed by atoms with E-state index in [-0.39, 0.29) is 12.4 Å². The largest absolute Gasteiger partial charge is 0.480 e. The lowest BCUT2D eigenvalue weighted by atomic mass is 10.2. The number of hydrogen-bond donors (Lipinski definition) is 1. The van der Waals surface area contributed by atoms with Crippen LogP contribution in [0.25, 0.3) is 5.69 Å². The topological polar surface area (TPSA) is 110 Å². The van der Waals surface area contributed by atoms with Crippen LogP contribution in [0.1, 0.15) is 37.6 Å². The molecule has 3 heterocycles. The van der Waals surface area contributed by atoms with Crippen LogP contribution in [-0.2, 0) is 24.2 Å². The Hall–Kier alpha value is -3.02. The number of benzene rings is 1. The summed E-state index contributed by atoms with van der Waals surface area (Å²) in [4.78, 5) is 31.4. The first kappa shape index (κ1) is 27.6. The van der Waals surface area contributed by atoms with Gasteiger partial charge in [-0.1, -0.05) is 30.8 Å². The maximum Gasteiger partial charge on any atom is 0.319 e. The molecule has 36 heavy (non-hydrogen) atoms. The van der Waals surface area contributed by atoms with Gasteiger partial charge in [0, 0.05) is 37.3 Å². The van der Waals surface area contributed by atoms with Crippen molar-refractivity contribution in [1.82, 2.24) is 29.7 Å². The van der Waals surface area contributed by atoms with Crippen molar-refractivity contribution in [1.29, 1.82) is 0 Å². The Morgan fingerprint density at radius 1 is 1.17 bits per heavy atom. The van der Waals surface area contributed by atoms with Gasteiger partial charge >= 0.3 is 5.97 Å². The van der Waals surface area contributed by atoms with Crippen LogP contribution >= 0.6 is 35.5 Å². The summed E-state index contributed by atoms with van der Waals surface area (Å²) in [6.45, 7) is 6.77. The van der Waals surface area contributed by atoms with Gasteiger partial charge in [-0.15, -0.1) is 23.7 Å². The van der Waals surface area contributed by atoms with Crippen molar-refractivity contribution in [3.63, 3.8) is 0 Å². The molecule has 0 fully saturated rings. The highest BCUT2D eigenvalue weighted by atomic mass is 35.5. The molecule has 0 bridgehead atoms. The highest BCUT2D eigenvalue weighted by Gasteiger charge is 2.29. The summed E-state index contributed by atoms with van der Waals surface area (Å²) < 4.78 is 1.55. The van der Waals surface area contributed by atoms with E-state index < -0.39 is 10.7 Å². The third kappa shape index (κ3) is 7.02. The number of aliphatic carboxylic acids is 1. The van der Waals surface area contributed by atoms with Gasteiger partial charge in [0.15, 0.2) is 4.34 Å². The van der Waals surface area contributed by atoms with Crippen molar-refractivity contribution in [2.75, 3.05) is 11.4 Å². The summed E-state index contributed by atoms with van der Waals surface area (Å²) in [6, 6.07) is 8.15. The zero-order valence-electron chi connectivity index (χ0n) is 20.2. The van der Waals surface area contributed by atoms with Crippen LogP contribution < -0.4 is 4.90 Å². The molecule has 1 aromatic carbocycles. The number of thioether (sulfide) groups is 1. The Bertz CT molecular complexity index is 1250. The lowest BCUT2D eigenvalue weighted by Gasteiger charge is -2.22. The Labute approximate surface area is 224 Å². The Morgan fingerprint density at radius 2 is 1.89 bits per heavy atom. The smallest absolute Gasteiger partial charge is 0.319 e. The number of aryl methyl sites for hydroxylation is 1. The molecule has 1 N–H and O–H groups in total. The normalized spacial score (nSPS) is 11.2. The fourth-order valence-corrected chi connectivity index (χ4v) is 5.45. The SMILES string of the molecule is CCc1cnc(N(CCc2csc(SC(C)(C)C(=O)O)n2)Cc2ccc(-n3cncn3)cc2)nc1.Cl. The number of nitrogens with zero attached hydrogens (tertiary/aromatic N) is 7. The average molecular weight is 546 g/mol. The molecule has 12 heteroatoms. The molecule has 0 atom stereocenters. The molecule has 4 aromatic rings. The van der Waals surface area contributed by atoms with Gasteiger partial charge in [-0.05, 0) is 43.5 Å². The van der Waals surface area contributed by atoms with Gasteiger partial charge in [-0.2, -0.15) is 5.10 Å². The van der Waals surface area contributed by atoms with E-state index in [2.05, 4.69) is 49.0 Å². The van der Waals surface area contributed by atoms with Crippen molar-refractivity contribution in [2.24, 2.45) is 0 Å². The number of hydrogen-bond acceptors (Lipinski definition) is 9. The van der Waals surface area contributed by atoms with E-state index >= 15 is 0 Å². The van der Waals surface area contributed by atoms with Gasteiger partial charge < -0.3 is 10.0 Å². The number of thiazole rings is 1. The van der Waals surface area contributed by atoms with Crippen molar-refractivity contribution < 1.29 is 9.90 Å². The summed E-state index contributed by atoms with van der Waals surface area (Å²) in [5.74, 6) is -0.188. The van der Waals surface area contributed by atoms with E-state index in [9.17, 15) is 9.90 Å². The molecule has 0 radical (unpaired) electrons. The molecule has 0 aliphatic heterocycles. The van der Waals surface area contributed by atoms with Gasteiger partial charge in [-0.25, -0.2) is 24.6 Å². The van der Waals surface area contributed by atoms with E-state index in [1.165, 1.54) is 29.4 Å². The fraction of sp³-hybridized carbons (Fsp3) is 0.333. The van der Waals surface area contributed by atoms with E-state index in [4.69, 9.17) is 0 Å². The first-order chi connectivity index (χ1) is 16.8. The average Bonchev–Trinajstić information content (AvgIpc) is 3.54. The number of halogens is 1. The molecule has 0 spiro atoms. The van der Waals surface area contributed by atoms with Crippen molar-refractivity contribution in [3.8, 4) is 5.69 Å². The van der Waals surface area contributed by atoms with Crippen molar-refractivity contribution in [3.05, 3.63) is 71.5 Å². The van der Waals surface area contributed by atoms with Gasteiger partial charge in [0.25, 0.3) is 0 Å². The number of rotatable bonds is 11. The number of anilines is 1. The summed E-state index contributed by atoms with van der Waals surface area (Å²) in [5.41, 5.74) is 4.08. The van der Waals surface area contributed by atoms with Gasteiger partial charge in [0.05, 0.1) is 11.4 Å². The monoisotopic (exact) mass is 545 g/mol. The second-order valence-corrected chi connectivity index (χ2v) is 11.2. The quantitative estimate of drug-likeness (QED) is 0.268. The third-order valence-electron chi connectivity index (χ3n) is 5.40. The molecular formula is C24H28ClN7O2S2. The fourth-order valence-electron chi connectivity index (χ4n) is 3.22. The van der Waals surface area contributed by atoms with Gasteiger partial charge in [-0.3, -0.25) is 4.79 Å². The van der Waals surface area contributed by atoms with Crippen molar-refractivity contribution in [2.45, 2.75) is 49.2 Å². The van der Waals surface area contributed by atoms with E-state index in [1.54, 1.807) is 24.9 Å². The summed E-state index contributed by atoms with van der Waals surface area (Å²) in [7, 11) is 0. The van der Waals surface area contributed by atoms with E-state index in [0.29, 0.717) is 25.5 Å². The number of carbonyl (C=O) groups is 1. The number of aromatic nitrogens is 6. The molecule has 0 unspecified atom stereocenters. The van der Waals surface area contributed by atoms with E-state index in [1.807, 2.05) is 29.9 Å². The maximum absolute atomic E-state index is 11.4. The predicted octanol–water partition coefficient (Wildman–Crippen LogP) is 4.70. The maximum atomic E-state index is 11.4. The first-order valence-corrected chi connectivity index (χ1v) is 12.9. The highest BCUT2D eigenvalue weighted by Crippen LogP contribution is 2.34. The van der Waals surface area contributed by atoms with Crippen molar-refractivity contribution >= 4 is 47.4 Å². The molecule has 0 aliphatic rings. The molecule has 190 valence electrons. The Kier molecular flexibility index (Phi) is 9.41. The number of carboxylic acids is 1. The summed E-state index contributed by atoms with van der Waals surface area (Å²) in [5, 5.41) is 15.6. The van der Waals surface area contributed by atoms with Crippen LogP contribution in [0.3, 0.4) is 0 Å². The Balaban J connectivity index is 0.00000361. The van der Waals surface area contributed by atoms with Gasteiger partial charge in [0.1, 0.15) is 17.4 Å². The molecule has 0 amide bonds. The molecule has 4 rings (SSSR count). The lowest BCUT2D eigenvalue weighted by molar-refractivity contribution is -0.138. The molecule has 0 saturated carbocycles. The lowest BCUT2D eigenvalue weighted by Crippen LogP contribution is -2.27. The van der Waals surface area contributed by atoms with Crippen LogP contribution in [0.5, 0.6) is 0 Å². The molecule has 0 aliphatic carbocycles. The minimum atomic E-state index is -0.922. The van der Waals surface area contributed by atoms with Crippen LogP contribution in [-0.4, -0.2) is 52.1 Å². The zero-order chi connectivity index (χ0) is 24.8. The second kappa shape index (κ2) is 12.3. The first-order valence-electron chi connectivity index (χ1n) is 11.2. The van der Waals surface area contributed by atoms with Gasteiger partial charge in [0.2, 0.25) is 5.95 Å². The highest BCUT2D eigenvalue weighted by molar-refractivity contribution is 8.03. The second-order valence-electron chi connectivity index (χ2n) is 8.45. The van der Waals surface area contributed by atoms with E-state index in [0.717, 1.165) is 33.3 Å². The molecule has 9 nitrogen and oxygen atoms in total. The molecule has 0 saturated heterocycles. The summed E-state index contributed by atoms with van der Waals surface area (Å²) >= 11 is 2.75. The predicted molar refractivity (Wildman–Crippen MR) is 144 cm³/mol. The van der Waals surface area contributed by atoms with Crippen LogP contribution in [0.15, 0.2) is 59.0 Å². The molecule has 3 aromatic heterocycles. The zero-order valence-corrected chi connectivity index (χ0v) is 22.7. The third-order valence-corrected chi connectivity index (χ3v) is 7.57. The number of carboxylic acid groups (broad SMARTS) is 1. The summed E-state index contributed by atoms with van der Waals surface area (Å²) in [6.07, 6.45) is 8.50. The van der Waals surface area contributed by atoms with Crippen LogP contribution in [0.2, 0.25) is 0 Å². The minimum absolute atomic E-state index is 0. The standard InChI is InChI=1S/C24H27N7O2S2.ClH/c1-4-17-11-26-22(27-12-17)30(13-18-5-7-20(8-6-18)31-16-25-15-28-31)10-9-19-14-34-23(29-19)35-24(2,3)21(32)33;/h5-8,11-12,14-16H,4,9-10,13H2,1-3H3,(H,32,33);1H. The van der Waals surface area contributed by atoms with Crippen LogP contribution in [0.4, 0.5) is 5.95 Å².